The Labute approximate surface area is 210 Å². The number of H-pyrrole nitrogens is 1. The Balaban J connectivity index is 1.57. The van der Waals surface area contributed by atoms with Crippen molar-refractivity contribution in [2.75, 3.05) is 20.1 Å². The number of carbonyl (C=O) groups is 3. The first-order chi connectivity index (χ1) is 17.3. The van der Waals surface area contributed by atoms with Gasteiger partial charge in [0.25, 0.3) is 0 Å². The highest BCUT2D eigenvalue weighted by Gasteiger charge is 2.44. The molecule has 8 heteroatoms. The molecule has 3 aromatic rings. The van der Waals surface area contributed by atoms with E-state index in [2.05, 4.69) is 10.3 Å². The van der Waals surface area contributed by atoms with Gasteiger partial charge in [0, 0.05) is 24.0 Å². The largest absolute Gasteiger partial charge is 0.481 e. The van der Waals surface area contributed by atoms with Crippen molar-refractivity contribution in [2.24, 2.45) is 11.1 Å². The number of piperidine rings is 1. The smallest absolute Gasteiger partial charge is 0.311 e. The summed E-state index contributed by atoms with van der Waals surface area (Å²) >= 11 is 0. The van der Waals surface area contributed by atoms with E-state index in [-0.39, 0.29) is 24.7 Å². The van der Waals surface area contributed by atoms with Crippen LogP contribution in [0.15, 0.2) is 54.6 Å². The number of aliphatic carboxylic acids is 1. The van der Waals surface area contributed by atoms with Crippen LogP contribution < -0.4 is 11.1 Å². The fraction of sp³-hybridized carbons (Fsp3) is 0.393. The number of likely N-dealkylation sites (tertiary alicyclic amines) is 1. The van der Waals surface area contributed by atoms with Crippen molar-refractivity contribution < 1.29 is 19.5 Å². The molecule has 1 saturated heterocycles. The molecule has 2 aromatic carbocycles. The lowest BCUT2D eigenvalue weighted by atomic mass is 9.75. The molecule has 1 aromatic heterocycles. The molecule has 8 nitrogen and oxygen atoms in total. The monoisotopic (exact) mass is 490 g/mol. The lowest BCUT2D eigenvalue weighted by Crippen LogP contribution is -2.55. The van der Waals surface area contributed by atoms with Gasteiger partial charge in [-0.1, -0.05) is 48.5 Å². The predicted octanol–water partition coefficient (Wildman–Crippen LogP) is 2.76. The summed E-state index contributed by atoms with van der Waals surface area (Å²) in [6.45, 7) is 2.36. The number of aromatic amines is 1. The zero-order valence-corrected chi connectivity index (χ0v) is 20.8. The second-order valence-electron chi connectivity index (χ2n) is 9.82. The minimum absolute atomic E-state index is 0.103. The van der Waals surface area contributed by atoms with Crippen LogP contribution in [0.1, 0.15) is 41.4 Å². The number of Topliss-reactive ketones (excluding diaryl/α,β-unsaturated/α-hetero) is 1. The third-order valence-electron chi connectivity index (χ3n) is 7.36. The number of aromatic nitrogens is 1. The molecular weight excluding hydrogens is 456 g/mol. The molecule has 3 atom stereocenters. The SMILES string of the molecule is CNC(C)C(=O)c1[nH]c2ccccc2c1C[C@@H](N)C(=O)N1CCC[C@](Cc2ccccc2)(C(=O)O)C1. The number of benzene rings is 2. The standard InChI is InChI=1S/C28H34N4O4/c1-18(30-2)25(33)24-21(20-11-6-7-12-23(20)31-24)15-22(29)26(34)32-14-8-13-28(17-32,27(35)36)16-19-9-4-3-5-10-19/h3-7,9-12,18,22,30-31H,8,13-17,29H2,1-2H3,(H,35,36)/t18?,22-,28-/m1/s1. The summed E-state index contributed by atoms with van der Waals surface area (Å²) in [6, 6.07) is 15.8. The van der Waals surface area contributed by atoms with Crippen molar-refractivity contribution in [2.45, 2.75) is 44.7 Å². The van der Waals surface area contributed by atoms with E-state index in [4.69, 9.17) is 5.73 Å². The molecule has 0 saturated carbocycles. The minimum Gasteiger partial charge on any atom is -0.481 e. The number of ketones is 1. The molecule has 1 amide bonds. The molecule has 190 valence electrons. The van der Waals surface area contributed by atoms with Crippen molar-refractivity contribution in [1.29, 1.82) is 0 Å². The second kappa shape index (κ2) is 10.6. The van der Waals surface area contributed by atoms with Crippen LogP contribution in [-0.4, -0.2) is 64.9 Å². The van der Waals surface area contributed by atoms with E-state index >= 15 is 0 Å². The number of hydrogen-bond donors (Lipinski definition) is 4. The van der Waals surface area contributed by atoms with Crippen LogP contribution in [0, 0.1) is 5.41 Å². The summed E-state index contributed by atoms with van der Waals surface area (Å²) in [5.74, 6) is -1.30. The van der Waals surface area contributed by atoms with Gasteiger partial charge in [0.1, 0.15) is 0 Å². The van der Waals surface area contributed by atoms with Gasteiger partial charge in [-0.2, -0.15) is 0 Å². The Morgan fingerprint density at radius 1 is 1.14 bits per heavy atom. The van der Waals surface area contributed by atoms with E-state index < -0.39 is 23.5 Å². The summed E-state index contributed by atoms with van der Waals surface area (Å²) in [7, 11) is 1.72. The summed E-state index contributed by atoms with van der Waals surface area (Å²) in [4.78, 5) is 43.8. The summed E-state index contributed by atoms with van der Waals surface area (Å²) < 4.78 is 0. The molecule has 1 aliphatic heterocycles. The number of rotatable bonds is 9. The van der Waals surface area contributed by atoms with Gasteiger partial charge in [0.15, 0.2) is 5.78 Å². The van der Waals surface area contributed by atoms with Crippen molar-refractivity contribution in [1.82, 2.24) is 15.2 Å². The first-order valence-electron chi connectivity index (χ1n) is 12.4. The summed E-state index contributed by atoms with van der Waals surface area (Å²) in [5, 5.41) is 14.0. The number of nitrogens with zero attached hydrogens (tertiary/aromatic N) is 1. The molecule has 1 unspecified atom stereocenters. The van der Waals surface area contributed by atoms with Gasteiger partial charge in [-0.15, -0.1) is 0 Å². The van der Waals surface area contributed by atoms with Crippen LogP contribution in [0.25, 0.3) is 10.9 Å². The van der Waals surface area contributed by atoms with Crippen molar-refractivity contribution >= 4 is 28.6 Å². The second-order valence-corrected chi connectivity index (χ2v) is 9.82. The van der Waals surface area contributed by atoms with Crippen molar-refractivity contribution in [3.63, 3.8) is 0 Å². The average molecular weight is 491 g/mol. The van der Waals surface area contributed by atoms with E-state index in [0.717, 1.165) is 16.5 Å². The van der Waals surface area contributed by atoms with Crippen LogP contribution in [0.4, 0.5) is 0 Å². The van der Waals surface area contributed by atoms with Crippen LogP contribution in [0.2, 0.25) is 0 Å². The number of fused-ring (bicyclic) bond motifs is 1. The van der Waals surface area contributed by atoms with Gasteiger partial charge in [0.05, 0.1) is 23.2 Å². The summed E-state index contributed by atoms with van der Waals surface area (Å²) in [6.07, 6.45) is 1.62. The lowest BCUT2D eigenvalue weighted by Gasteiger charge is -2.41. The molecule has 1 aliphatic rings. The topological polar surface area (TPSA) is 129 Å². The zero-order valence-electron chi connectivity index (χ0n) is 20.8. The number of carbonyl (C=O) groups excluding carboxylic acids is 2. The number of carboxylic acids is 1. The third-order valence-corrected chi connectivity index (χ3v) is 7.36. The predicted molar refractivity (Wildman–Crippen MR) is 139 cm³/mol. The molecule has 0 aliphatic carbocycles. The number of likely N-dealkylation sites (N-methyl/N-ethyl adjacent to an activating group) is 1. The Kier molecular flexibility index (Phi) is 7.56. The Hall–Kier alpha value is -3.49. The first kappa shape index (κ1) is 25.6. The molecule has 1 fully saturated rings. The number of hydrogen-bond acceptors (Lipinski definition) is 5. The van der Waals surface area contributed by atoms with Gasteiger partial charge < -0.3 is 26.0 Å². The highest BCUT2D eigenvalue weighted by Crippen LogP contribution is 2.35. The molecule has 0 radical (unpaired) electrons. The lowest BCUT2D eigenvalue weighted by molar-refractivity contribution is -0.155. The van der Waals surface area contributed by atoms with E-state index in [1.54, 1.807) is 18.9 Å². The summed E-state index contributed by atoms with van der Waals surface area (Å²) in [5.41, 5.74) is 8.29. The van der Waals surface area contributed by atoms with Gasteiger partial charge in [0.2, 0.25) is 5.91 Å². The number of para-hydroxylation sites is 1. The Morgan fingerprint density at radius 3 is 2.53 bits per heavy atom. The first-order valence-corrected chi connectivity index (χ1v) is 12.4. The molecule has 0 bridgehead atoms. The molecular formula is C28H34N4O4. The third kappa shape index (κ3) is 5.05. The highest BCUT2D eigenvalue weighted by molar-refractivity contribution is 6.05. The van der Waals surface area contributed by atoms with Gasteiger partial charge in [-0.25, -0.2) is 0 Å². The van der Waals surface area contributed by atoms with Crippen LogP contribution in [-0.2, 0) is 22.4 Å². The Morgan fingerprint density at radius 2 is 1.83 bits per heavy atom. The molecule has 5 N–H and O–H groups in total. The molecule has 36 heavy (non-hydrogen) atoms. The van der Waals surface area contributed by atoms with Gasteiger partial charge in [-0.3, -0.25) is 14.4 Å². The maximum Gasteiger partial charge on any atom is 0.311 e. The maximum absolute atomic E-state index is 13.5. The number of nitrogens with two attached hydrogens (primary N) is 1. The van der Waals surface area contributed by atoms with Crippen LogP contribution >= 0.6 is 0 Å². The zero-order chi connectivity index (χ0) is 25.9. The fourth-order valence-electron chi connectivity index (χ4n) is 5.21. The van der Waals surface area contributed by atoms with Crippen LogP contribution in [0.3, 0.4) is 0 Å². The normalized spacial score (nSPS) is 19.7. The van der Waals surface area contributed by atoms with E-state index in [1.165, 1.54) is 0 Å². The Bertz CT molecular complexity index is 1250. The van der Waals surface area contributed by atoms with Crippen molar-refractivity contribution in [3.05, 3.63) is 71.4 Å². The average Bonchev–Trinajstić information content (AvgIpc) is 3.26. The number of carboxylic acid groups (broad SMARTS) is 1. The number of nitrogens with one attached hydrogen (secondary N) is 2. The van der Waals surface area contributed by atoms with E-state index in [1.807, 2.05) is 54.6 Å². The van der Waals surface area contributed by atoms with E-state index in [9.17, 15) is 19.5 Å². The molecule has 4 rings (SSSR count). The van der Waals surface area contributed by atoms with E-state index in [0.29, 0.717) is 37.1 Å². The highest BCUT2D eigenvalue weighted by atomic mass is 16.4. The molecule has 2 heterocycles. The van der Waals surface area contributed by atoms with Crippen molar-refractivity contribution in [3.8, 4) is 0 Å². The minimum atomic E-state index is -1.06. The van der Waals surface area contributed by atoms with Gasteiger partial charge in [-0.05, 0) is 56.8 Å². The maximum atomic E-state index is 13.5. The molecule has 0 spiro atoms. The van der Waals surface area contributed by atoms with Gasteiger partial charge >= 0.3 is 5.97 Å². The fourth-order valence-corrected chi connectivity index (χ4v) is 5.21. The number of amides is 1. The quantitative estimate of drug-likeness (QED) is 0.342. The van der Waals surface area contributed by atoms with Crippen LogP contribution in [0.5, 0.6) is 0 Å².